The summed E-state index contributed by atoms with van der Waals surface area (Å²) in [4.78, 5) is 34.4. The number of hydroxylamine groups is 1. The Hall–Kier alpha value is -2.87. The van der Waals surface area contributed by atoms with Crippen molar-refractivity contribution in [2.75, 3.05) is 6.54 Å². The molecule has 1 aliphatic heterocycles. The molecule has 8 heteroatoms. The maximum absolute atomic E-state index is 12.0. The number of hydrogen-bond donors (Lipinski definition) is 2. The van der Waals surface area contributed by atoms with E-state index in [-0.39, 0.29) is 18.7 Å². The lowest BCUT2D eigenvalue weighted by Crippen LogP contribution is -2.48. The molecule has 0 amide bonds. The summed E-state index contributed by atoms with van der Waals surface area (Å²) in [6, 6.07) is 9.14. The van der Waals surface area contributed by atoms with Crippen molar-refractivity contribution in [2.45, 2.75) is 45.9 Å². The van der Waals surface area contributed by atoms with Gasteiger partial charge in [0.05, 0.1) is 12.6 Å². The zero-order valence-electron chi connectivity index (χ0n) is 15.9. The van der Waals surface area contributed by atoms with Gasteiger partial charge in [0, 0.05) is 0 Å². The van der Waals surface area contributed by atoms with Crippen molar-refractivity contribution >= 4 is 17.8 Å². The number of aliphatic hydroxyl groups is 1. The maximum atomic E-state index is 12.0. The van der Waals surface area contributed by atoms with Crippen molar-refractivity contribution in [2.24, 2.45) is 4.99 Å². The third-order valence-corrected chi connectivity index (χ3v) is 3.57. The Morgan fingerprint density at radius 1 is 1.22 bits per heavy atom. The second-order valence-electron chi connectivity index (χ2n) is 7.09. The second-order valence-corrected chi connectivity index (χ2v) is 7.09. The van der Waals surface area contributed by atoms with Crippen molar-refractivity contribution in [3.63, 3.8) is 0 Å². The molecule has 0 radical (unpaired) electrons. The number of nitrogens with zero attached hydrogens (tertiary/aromatic N) is 2. The zero-order chi connectivity index (χ0) is 20.0. The molecule has 1 aromatic rings. The number of carbonyl (C=O) groups excluding carboxylic acids is 2. The molecule has 0 spiro atoms. The van der Waals surface area contributed by atoms with Crippen LogP contribution in [0.4, 0.5) is 0 Å². The molecule has 0 aliphatic carbocycles. The molecule has 0 saturated heterocycles. The van der Waals surface area contributed by atoms with Crippen molar-refractivity contribution in [3.05, 3.63) is 47.8 Å². The standard InChI is InChI=1S/C19H25N3O5/c1-13-20-11-15(18(25)22(13)12-17(24)26-19(2,3)4)21-27-16(23)10-14-8-6-5-7-9-14/h5-9,11,18,21,25H,10,12H2,1-4H3. The lowest BCUT2D eigenvalue weighted by Gasteiger charge is -2.33. The van der Waals surface area contributed by atoms with Crippen LogP contribution >= 0.6 is 0 Å². The number of aliphatic hydroxyl groups excluding tert-OH is 1. The van der Waals surface area contributed by atoms with Crippen LogP contribution in [0.2, 0.25) is 0 Å². The first-order valence-electron chi connectivity index (χ1n) is 8.56. The highest BCUT2D eigenvalue weighted by atomic mass is 16.7. The van der Waals surface area contributed by atoms with Gasteiger partial charge < -0.3 is 19.6 Å². The molecule has 1 aliphatic rings. The Labute approximate surface area is 158 Å². The van der Waals surface area contributed by atoms with Crippen LogP contribution in [-0.2, 0) is 25.6 Å². The average molecular weight is 375 g/mol. The van der Waals surface area contributed by atoms with Crippen LogP contribution in [-0.4, -0.2) is 46.2 Å². The van der Waals surface area contributed by atoms with Gasteiger partial charge in [0.25, 0.3) is 0 Å². The van der Waals surface area contributed by atoms with Gasteiger partial charge in [-0.05, 0) is 33.3 Å². The topological polar surface area (TPSA) is 100 Å². The minimum absolute atomic E-state index is 0.0845. The van der Waals surface area contributed by atoms with E-state index in [4.69, 9.17) is 9.57 Å². The molecule has 8 nitrogen and oxygen atoms in total. The lowest BCUT2D eigenvalue weighted by atomic mass is 10.2. The van der Waals surface area contributed by atoms with Crippen LogP contribution in [0.15, 0.2) is 47.2 Å². The molecule has 1 aromatic carbocycles. The number of amidine groups is 1. The molecule has 0 aromatic heterocycles. The van der Waals surface area contributed by atoms with Gasteiger partial charge >= 0.3 is 11.9 Å². The number of nitrogens with one attached hydrogen (secondary N) is 1. The maximum Gasteiger partial charge on any atom is 0.336 e. The van der Waals surface area contributed by atoms with E-state index in [9.17, 15) is 14.7 Å². The summed E-state index contributed by atoms with van der Waals surface area (Å²) in [7, 11) is 0. The Kier molecular flexibility index (Phi) is 6.57. The lowest BCUT2D eigenvalue weighted by molar-refractivity contribution is -0.158. The first-order chi connectivity index (χ1) is 12.7. The number of esters is 1. The summed E-state index contributed by atoms with van der Waals surface area (Å²) in [6.45, 7) is 6.75. The number of ether oxygens (including phenoxy) is 1. The van der Waals surface area contributed by atoms with E-state index < -0.39 is 23.8 Å². The average Bonchev–Trinajstić information content (AvgIpc) is 2.57. The van der Waals surface area contributed by atoms with E-state index in [1.807, 2.05) is 30.3 Å². The van der Waals surface area contributed by atoms with Gasteiger partial charge in [-0.3, -0.25) is 4.79 Å². The third-order valence-electron chi connectivity index (χ3n) is 3.57. The van der Waals surface area contributed by atoms with Crippen LogP contribution in [0.25, 0.3) is 0 Å². The van der Waals surface area contributed by atoms with Gasteiger partial charge in [-0.2, -0.15) is 0 Å². The molecular formula is C19H25N3O5. The third kappa shape index (κ3) is 6.41. The quantitative estimate of drug-likeness (QED) is 0.574. The van der Waals surface area contributed by atoms with Crippen molar-refractivity contribution in [1.82, 2.24) is 10.4 Å². The molecule has 146 valence electrons. The largest absolute Gasteiger partial charge is 0.459 e. The molecule has 1 heterocycles. The van der Waals surface area contributed by atoms with E-state index in [1.165, 1.54) is 11.1 Å². The van der Waals surface area contributed by atoms with Gasteiger partial charge in [0.15, 0.2) is 6.23 Å². The molecule has 2 N–H and O–H groups in total. The van der Waals surface area contributed by atoms with E-state index in [1.54, 1.807) is 27.7 Å². The minimum Gasteiger partial charge on any atom is -0.459 e. The predicted octanol–water partition coefficient (Wildman–Crippen LogP) is 1.51. The van der Waals surface area contributed by atoms with Crippen LogP contribution in [0.1, 0.15) is 33.3 Å². The Balaban J connectivity index is 1.92. The fraction of sp³-hybridized carbons (Fsp3) is 0.421. The second kappa shape index (κ2) is 8.68. The number of aliphatic imine (C=N–C) groups is 1. The summed E-state index contributed by atoms with van der Waals surface area (Å²) < 4.78 is 5.26. The van der Waals surface area contributed by atoms with Gasteiger partial charge in [-0.1, -0.05) is 30.3 Å². The monoisotopic (exact) mass is 375 g/mol. The molecule has 2 rings (SSSR count). The number of carbonyl (C=O) groups is 2. The first-order valence-corrected chi connectivity index (χ1v) is 8.56. The summed E-state index contributed by atoms with van der Waals surface area (Å²) in [5.41, 5.74) is 2.74. The zero-order valence-corrected chi connectivity index (χ0v) is 15.9. The summed E-state index contributed by atoms with van der Waals surface area (Å²) in [5.74, 6) is -0.577. The minimum atomic E-state index is -1.22. The fourth-order valence-corrected chi connectivity index (χ4v) is 2.36. The van der Waals surface area contributed by atoms with Gasteiger partial charge in [-0.25, -0.2) is 15.3 Å². The van der Waals surface area contributed by atoms with E-state index in [2.05, 4.69) is 10.5 Å². The molecule has 0 fully saturated rings. The molecule has 0 saturated carbocycles. The number of benzene rings is 1. The highest BCUT2D eigenvalue weighted by Gasteiger charge is 2.29. The smallest absolute Gasteiger partial charge is 0.336 e. The Morgan fingerprint density at radius 2 is 1.89 bits per heavy atom. The van der Waals surface area contributed by atoms with Crippen LogP contribution in [0, 0.1) is 0 Å². The van der Waals surface area contributed by atoms with Crippen molar-refractivity contribution < 1.29 is 24.3 Å². The number of rotatable bonds is 6. The highest BCUT2D eigenvalue weighted by molar-refractivity contribution is 5.86. The van der Waals surface area contributed by atoms with Crippen LogP contribution < -0.4 is 5.48 Å². The van der Waals surface area contributed by atoms with Crippen LogP contribution in [0.3, 0.4) is 0 Å². The SMILES string of the molecule is CC1=NC=C(NOC(=O)Cc2ccccc2)C(O)N1CC(=O)OC(C)(C)C. The molecule has 27 heavy (non-hydrogen) atoms. The highest BCUT2D eigenvalue weighted by Crippen LogP contribution is 2.15. The van der Waals surface area contributed by atoms with Crippen LogP contribution in [0.5, 0.6) is 0 Å². The van der Waals surface area contributed by atoms with E-state index in [0.717, 1.165) is 5.56 Å². The van der Waals surface area contributed by atoms with Gasteiger partial charge in [0.2, 0.25) is 0 Å². The van der Waals surface area contributed by atoms with Crippen molar-refractivity contribution in [3.8, 4) is 0 Å². The summed E-state index contributed by atoms with van der Waals surface area (Å²) >= 11 is 0. The Morgan fingerprint density at radius 3 is 2.52 bits per heavy atom. The van der Waals surface area contributed by atoms with Gasteiger partial charge in [-0.15, -0.1) is 0 Å². The number of hydrogen-bond acceptors (Lipinski definition) is 8. The van der Waals surface area contributed by atoms with Gasteiger partial charge in [0.1, 0.15) is 23.7 Å². The normalized spacial score (nSPS) is 16.9. The molecule has 1 atom stereocenters. The molecule has 0 bridgehead atoms. The molecule has 1 unspecified atom stereocenters. The van der Waals surface area contributed by atoms with Crippen molar-refractivity contribution in [1.29, 1.82) is 0 Å². The summed E-state index contributed by atoms with van der Waals surface area (Å²) in [6.07, 6.45) is 0.210. The van der Waals surface area contributed by atoms with E-state index in [0.29, 0.717) is 5.84 Å². The first kappa shape index (κ1) is 20.4. The Bertz CT molecular complexity index is 737. The molecular weight excluding hydrogens is 350 g/mol. The fourth-order valence-electron chi connectivity index (χ4n) is 2.36. The predicted molar refractivity (Wildman–Crippen MR) is 99.1 cm³/mol. The van der Waals surface area contributed by atoms with E-state index >= 15 is 0 Å². The summed E-state index contributed by atoms with van der Waals surface area (Å²) in [5, 5.41) is 10.5.